The number of hydrogen-bond donors (Lipinski definition) is 2. The minimum atomic E-state index is -0.300. The predicted molar refractivity (Wildman–Crippen MR) is 69.0 cm³/mol. The van der Waals surface area contributed by atoms with Crippen molar-refractivity contribution < 1.29 is 9.60 Å². The van der Waals surface area contributed by atoms with Crippen molar-refractivity contribution in [1.29, 1.82) is 0 Å². The summed E-state index contributed by atoms with van der Waals surface area (Å²) < 4.78 is 12.8. The van der Waals surface area contributed by atoms with E-state index >= 15 is 0 Å². The molecular weight excluding hydrogens is 249 g/mol. The van der Waals surface area contributed by atoms with Crippen LogP contribution in [0.3, 0.4) is 0 Å². The van der Waals surface area contributed by atoms with E-state index in [0.29, 0.717) is 5.82 Å². The van der Waals surface area contributed by atoms with Gasteiger partial charge < -0.3 is 15.8 Å². The Morgan fingerprint density at radius 2 is 1.95 bits per heavy atom. The van der Waals surface area contributed by atoms with Gasteiger partial charge in [0.25, 0.3) is 0 Å². The van der Waals surface area contributed by atoms with Crippen LogP contribution in [0.4, 0.5) is 15.9 Å². The number of nitrogens with two attached hydrogens (primary N) is 1. The molecule has 0 atom stereocenters. The number of anilines is 2. The van der Waals surface area contributed by atoms with Crippen LogP contribution in [0.2, 0.25) is 0 Å². The molecule has 0 spiro atoms. The zero-order chi connectivity index (χ0) is 13.8. The summed E-state index contributed by atoms with van der Waals surface area (Å²) >= 11 is 0. The van der Waals surface area contributed by atoms with Crippen LogP contribution in [-0.2, 0) is 0 Å². The number of rotatable bonds is 3. The monoisotopic (exact) mass is 261 g/mol. The summed E-state index contributed by atoms with van der Waals surface area (Å²) in [6.07, 6.45) is 2.88. The van der Waals surface area contributed by atoms with Gasteiger partial charge in [0.1, 0.15) is 11.5 Å². The Morgan fingerprint density at radius 3 is 2.47 bits per heavy atom. The minimum absolute atomic E-state index is 0.108. The lowest BCUT2D eigenvalue weighted by Crippen LogP contribution is -2.17. The molecule has 6 nitrogen and oxygen atoms in total. The third-order valence-corrected chi connectivity index (χ3v) is 2.57. The van der Waals surface area contributed by atoms with Crippen molar-refractivity contribution in [2.24, 2.45) is 10.9 Å². The Balaban J connectivity index is 2.24. The van der Waals surface area contributed by atoms with E-state index in [4.69, 9.17) is 10.9 Å². The Bertz CT molecular complexity index is 582. The zero-order valence-corrected chi connectivity index (χ0v) is 10.2. The lowest BCUT2D eigenvalue weighted by atomic mass is 10.3. The highest BCUT2D eigenvalue weighted by Gasteiger charge is 2.07. The van der Waals surface area contributed by atoms with E-state index in [0.717, 1.165) is 5.69 Å². The van der Waals surface area contributed by atoms with Gasteiger partial charge in [0.15, 0.2) is 11.7 Å². The fourth-order valence-electron chi connectivity index (χ4n) is 1.47. The molecule has 3 N–H and O–H groups in total. The minimum Gasteiger partial charge on any atom is -0.409 e. The van der Waals surface area contributed by atoms with Crippen molar-refractivity contribution in [2.75, 3.05) is 11.9 Å². The molecule has 0 saturated carbocycles. The molecule has 0 aliphatic heterocycles. The smallest absolute Gasteiger partial charge is 0.190 e. The van der Waals surface area contributed by atoms with Gasteiger partial charge in [0, 0.05) is 12.7 Å². The Morgan fingerprint density at radius 1 is 1.26 bits per heavy atom. The summed E-state index contributed by atoms with van der Waals surface area (Å²) in [4.78, 5) is 9.90. The van der Waals surface area contributed by atoms with Gasteiger partial charge in [-0.05, 0) is 24.3 Å². The second kappa shape index (κ2) is 5.30. The van der Waals surface area contributed by atoms with Crippen LogP contribution >= 0.6 is 0 Å². The number of benzene rings is 1. The largest absolute Gasteiger partial charge is 0.409 e. The summed E-state index contributed by atoms with van der Waals surface area (Å²) in [6.45, 7) is 0. The van der Waals surface area contributed by atoms with E-state index in [1.807, 2.05) is 0 Å². The molecule has 0 fully saturated rings. The van der Waals surface area contributed by atoms with Crippen LogP contribution in [0.1, 0.15) is 5.69 Å². The van der Waals surface area contributed by atoms with E-state index in [1.54, 1.807) is 24.1 Å². The first-order valence-electron chi connectivity index (χ1n) is 5.41. The molecule has 1 aromatic carbocycles. The maximum atomic E-state index is 12.8. The molecule has 0 bridgehead atoms. The van der Waals surface area contributed by atoms with Crippen molar-refractivity contribution in [1.82, 2.24) is 9.97 Å². The molecule has 0 radical (unpaired) electrons. The fraction of sp³-hybridized carbons (Fsp3) is 0.0833. The Labute approximate surface area is 109 Å². The van der Waals surface area contributed by atoms with Gasteiger partial charge in [0.2, 0.25) is 0 Å². The Kier molecular flexibility index (Phi) is 3.56. The van der Waals surface area contributed by atoms with E-state index in [-0.39, 0.29) is 17.3 Å². The van der Waals surface area contributed by atoms with Crippen molar-refractivity contribution in [3.05, 3.63) is 48.2 Å². The van der Waals surface area contributed by atoms with Gasteiger partial charge in [0.05, 0.1) is 12.4 Å². The van der Waals surface area contributed by atoms with E-state index in [2.05, 4.69) is 15.1 Å². The van der Waals surface area contributed by atoms with Gasteiger partial charge in [-0.15, -0.1) is 0 Å². The fourth-order valence-corrected chi connectivity index (χ4v) is 1.47. The lowest BCUT2D eigenvalue weighted by Gasteiger charge is -2.17. The molecule has 0 aliphatic carbocycles. The summed E-state index contributed by atoms with van der Waals surface area (Å²) in [7, 11) is 1.78. The summed E-state index contributed by atoms with van der Waals surface area (Å²) in [6, 6.07) is 6.00. The highest BCUT2D eigenvalue weighted by Crippen LogP contribution is 2.20. The van der Waals surface area contributed by atoms with Gasteiger partial charge in [-0.1, -0.05) is 5.16 Å². The maximum Gasteiger partial charge on any atom is 0.190 e. The van der Waals surface area contributed by atoms with Crippen LogP contribution in [0.15, 0.2) is 41.8 Å². The third kappa shape index (κ3) is 2.76. The second-order valence-corrected chi connectivity index (χ2v) is 3.78. The van der Waals surface area contributed by atoms with Crippen molar-refractivity contribution in [2.45, 2.75) is 0 Å². The number of aromatic nitrogens is 2. The van der Waals surface area contributed by atoms with Gasteiger partial charge in [-0.3, -0.25) is 0 Å². The second-order valence-electron chi connectivity index (χ2n) is 3.78. The normalized spacial score (nSPS) is 11.4. The molecule has 98 valence electrons. The molecular formula is C12H12FN5O. The van der Waals surface area contributed by atoms with E-state index in [9.17, 15) is 4.39 Å². The van der Waals surface area contributed by atoms with E-state index < -0.39 is 0 Å². The highest BCUT2D eigenvalue weighted by atomic mass is 19.1. The molecule has 1 heterocycles. The number of oxime groups is 1. The van der Waals surface area contributed by atoms with Crippen molar-refractivity contribution in [3.63, 3.8) is 0 Å². The molecule has 0 amide bonds. The Hall–Kier alpha value is -2.70. The van der Waals surface area contributed by atoms with Crippen molar-refractivity contribution in [3.8, 4) is 0 Å². The van der Waals surface area contributed by atoms with Crippen LogP contribution < -0.4 is 10.6 Å². The topological polar surface area (TPSA) is 87.6 Å². The highest BCUT2D eigenvalue weighted by molar-refractivity contribution is 5.94. The average Bonchev–Trinajstić information content (AvgIpc) is 2.46. The molecule has 1 aromatic heterocycles. The maximum absolute atomic E-state index is 12.8. The van der Waals surface area contributed by atoms with Gasteiger partial charge >= 0.3 is 0 Å². The number of nitrogens with zero attached hydrogens (tertiary/aromatic N) is 4. The number of hydrogen-bond acceptors (Lipinski definition) is 5. The van der Waals surface area contributed by atoms with Crippen molar-refractivity contribution >= 4 is 17.3 Å². The summed E-state index contributed by atoms with van der Waals surface area (Å²) in [5.74, 6) is 0.148. The van der Waals surface area contributed by atoms with Crippen LogP contribution in [0.5, 0.6) is 0 Å². The molecule has 19 heavy (non-hydrogen) atoms. The van der Waals surface area contributed by atoms with Crippen LogP contribution in [-0.4, -0.2) is 28.1 Å². The first kappa shape index (κ1) is 12.7. The average molecular weight is 261 g/mol. The number of halogens is 1. The first-order chi connectivity index (χ1) is 9.11. The van der Waals surface area contributed by atoms with Gasteiger partial charge in [-0.2, -0.15) is 0 Å². The quantitative estimate of drug-likeness (QED) is 0.378. The lowest BCUT2D eigenvalue weighted by molar-refractivity contribution is 0.318. The molecule has 2 aromatic rings. The zero-order valence-electron chi connectivity index (χ0n) is 10.2. The SMILES string of the molecule is CN(c1ccc(F)cc1)c1cnc(C(N)=NO)cn1. The molecule has 0 aliphatic rings. The van der Waals surface area contributed by atoms with Gasteiger partial charge in [-0.25, -0.2) is 14.4 Å². The first-order valence-corrected chi connectivity index (χ1v) is 5.41. The van der Waals surface area contributed by atoms with E-state index in [1.165, 1.54) is 24.5 Å². The predicted octanol–water partition coefficient (Wildman–Crippen LogP) is 1.48. The number of amidine groups is 1. The van der Waals surface area contributed by atoms with Crippen LogP contribution in [0, 0.1) is 5.82 Å². The summed E-state index contributed by atoms with van der Waals surface area (Å²) in [5, 5.41) is 11.4. The third-order valence-electron chi connectivity index (χ3n) is 2.57. The molecule has 0 saturated heterocycles. The summed E-state index contributed by atoms with van der Waals surface area (Å²) in [5.41, 5.74) is 6.44. The standard InChI is InChI=1S/C12H12FN5O/c1-18(9-4-2-8(13)3-5-9)11-7-15-10(6-16-11)12(14)17-19/h2-7,19H,1H3,(H2,14,17). The molecule has 0 unspecified atom stereocenters. The molecule has 7 heteroatoms. The van der Waals surface area contributed by atoms with Crippen LogP contribution in [0.25, 0.3) is 0 Å². The molecule has 2 rings (SSSR count).